The van der Waals surface area contributed by atoms with Crippen LogP contribution < -0.4 is 27.2 Å². The highest BCUT2D eigenvalue weighted by atomic mass is 32.1. The number of hydrogen-bond donors (Lipinski definition) is 3. The van der Waals surface area contributed by atoms with Crippen molar-refractivity contribution in [2.24, 2.45) is 0 Å². The molecule has 0 unspecified atom stereocenters. The average molecular weight is 427 g/mol. The van der Waals surface area contributed by atoms with Gasteiger partial charge in [-0.05, 0) is 17.0 Å². The first kappa shape index (κ1) is 21.1. The van der Waals surface area contributed by atoms with E-state index in [0.717, 1.165) is 10.5 Å². The first-order valence-electron chi connectivity index (χ1n) is 9.13. The molecule has 3 rings (SSSR count). The van der Waals surface area contributed by atoms with Gasteiger partial charge in [0.1, 0.15) is 5.82 Å². The zero-order valence-electron chi connectivity index (χ0n) is 16.3. The molecular formula is C20H21N5O4S. The van der Waals surface area contributed by atoms with Crippen LogP contribution >= 0.6 is 11.3 Å². The van der Waals surface area contributed by atoms with Crippen molar-refractivity contribution in [2.75, 3.05) is 24.2 Å². The number of H-pyrrole nitrogens is 1. The number of nitrogens with one attached hydrogen (secondary N) is 2. The molecule has 0 atom stereocenters. The van der Waals surface area contributed by atoms with Crippen molar-refractivity contribution in [3.8, 4) is 0 Å². The van der Waals surface area contributed by atoms with E-state index in [-0.39, 0.29) is 36.9 Å². The highest BCUT2D eigenvalue weighted by Crippen LogP contribution is 2.17. The molecular weight excluding hydrogens is 406 g/mol. The van der Waals surface area contributed by atoms with Crippen molar-refractivity contribution in [1.82, 2.24) is 14.9 Å². The van der Waals surface area contributed by atoms with Crippen LogP contribution in [0.2, 0.25) is 0 Å². The molecule has 3 aromatic rings. The molecule has 2 aromatic heterocycles. The largest absolute Gasteiger partial charge is 0.383 e. The van der Waals surface area contributed by atoms with Crippen molar-refractivity contribution in [3.05, 3.63) is 79.1 Å². The molecule has 0 saturated heterocycles. The van der Waals surface area contributed by atoms with Gasteiger partial charge in [0.25, 0.3) is 11.5 Å². The normalized spacial score (nSPS) is 10.6. The minimum absolute atomic E-state index is 0.0374. The van der Waals surface area contributed by atoms with Crippen molar-refractivity contribution < 1.29 is 9.59 Å². The fourth-order valence-corrected chi connectivity index (χ4v) is 3.53. The summed E-state index contributed by atoms with van der Waals surface area (Å²) in [5.41, 5.74) is 5.39. The third-order valence-electron chi connectivity index (χ3n) is 4.48. The zero-order chi connectivity index (χ0) is 21.7. The lowest BCUT2D eigenvalue weighted by molar-refractivity contribution is -0.118. The van der Waals surface area contributed by atoms with Crippen molar-refractivity contribution in [2.45, 2.75) is 13.0 Å². The molecule has 0 bridgehead atoms. The van der Waals surface area contributed by atoms with Gasteiger partial charge in [0.15, 0.2) is 5.69 Å². The maximum absolute atomic E-state index is 12.6. The molecule has 0 spiro atoms. The Balaban J connectivity index is 1.74. The van der Waals surface area contributed by atoms with Gasteiger partial charge in [-0.25, -0.2) is 4.79 Å². The Hall–Kier alpha value is -3.66. The number of hydrogen-bond acceptors (Lipinski definition) is 6. The van der Waals surface area contributed by atoms with E-state index in [4.69, 9.17) is 5.73 Å². The summed E-state index contributed by atoms with van der Waals surface area (Å²) in [6.07, 6.45) is -0.0374. The molecule has 1 aromatic carbocycles. The molecule has 9 nitrogen and oxygen atoms in total. The van der Waals surface area contributed by atoms with E-state index in [1.807, 2.05) is 30.3 Å². The number of benzene rings is 1. The number of nitrogen functional groups attached to an aromatic ring is 1. The van der Waals surface area contributed by atoms with E-state index in [1.165, 1.54) is 23.0 Å². The van der Waals surface area contributed by atoms with E-state index in [0.29, 0.717) is 4.88 Å². The predicted molar refractivity (Wildman–Crippen MR) is 116 cm³/mol. The number of aromatic amines is 1. The number of amides is 2. The number of rotatable bonds is 7. The minimum atomic E-state index is -0.750. The van der Waals surface area contributed by atoms with Crippen molar-refractivity contribution in [1.29, 1.82) is 0 Å². The van der Waals surface area contributed by atoms with Gasteiger partial charge in [-0.15, -0.1) is 11.3 Å². The monoisotopic (exact) mass is 427 g/mol. The summed E-state index contributed by atoms with van der Waals surface area (Å²) in [5.74, 6) is -0.802. The van der Waals surface area contributed by atoms with Crippen LogP contribution in [-0.4, -0.2) is 35.0 Å². The third kappa shape index (κ3) is 4.66. The first-order chi connectivity index (χ1) is 14.4. The number of nitrogens with zero attached hydrogens (tertiary/aromatic N) is 2. The van der Waals surface area contributed by atoms with E-state index >= 15 is 0 Å². The molecule has 4 N–H and O–H groups in total. The molecule has 2 heterocycles. The molecule has 2 amide bonds. The molecule has 0 saturated carbocycles. The lowest BCUT2D eigenvalue weighted by atomic mass is 10.2. The van der Waals surface area contributed by atoms with Gasteiger partial charge in [-0.3, -0.25) is 23.9 Å². The van der Waals surface area contributed by atoms with Gasteiger partial charge in [0.05, 0.1) is 11.4 Å². The van der Waals surface area contributed by atoms with Crippen LogP contribution in [0.3, 0.4) is 0 Å². The van der Waals surface area contributed by atoms with Crippen LogP contribution in [-0.2, 0) is 11.3 Å². The maximum atomic E-state index is 12.6. The van der Waals surface area contributed by atoms with Crippen LogP contribution in [0.4, 0.5) is 11.5 Å². The molecule has 156 valence electrons. The molecule has 0 aliphatic carbocycles. The topological polar surface area (TPSA) is 130 Å². The zero-order valence-corrected chi connectivity index (χ0v) is 17.1. The lowest BCUT2D eigenvalue weighted by Crippen LogP contribution is -2.40. The van der Waals surface area contributed by atoms with Gasteiger partial charge >= 0.3 is 5.69 Å². The predicted octanol–water partition coefficient (Wildman–Crippen LogP) is 1.01. The van der Waals surface area contributed by atoms with E-state index < -0.39 is 17.2 Å². The molecule has 0 fully saturated rings. The first-order valence-corrected chi connectivity index (χ1v) is 10.0. The van der Waals surface area contributed by atoms with E-state index in [2.05, 4.69) is 10.3 Å². The van der Waals surface area contributed by atoms with Crippen molar-refractivity contribution in [3.63, 3.8) is 0 Å². The highest BCUT2D eigenvalue weighted by molar-refractivity contribution is 7.12. The molecule has 30 heavy (non-hydrogen) atoms. The fraction of sp³-hybridized carbons (Fsp3) is 0.200. The minimum Gasteiger partial charge on any atom is -0.383 e. The summed E-state index contributed by atoms with van der Waals surface area (Å²) in [6, 6.07) is 12.6. The van der Waals surface area contributed by atoms with E-state index in [9.17, 15) is 19.2 Å². The molecule has 0 radical (unpaired) electrons. The van der Waals surface area contributed by atoms with Gasteiger partial charge in [-0.2, -0.15) is 0 Å². The number of aromatic nitrogens is 2. The smallest absolute Gasteiger partial charge is 0.330 e. The Bertz CT molecular complexity index is 1150. The number of nitrogens with two attached hydrogens (primary N) is 1. The molecule has 0 aliphatic heterocycles. The lowest BCUT2D eigenvalue weighted by Gasteiger charge is -2.20. The van der Waals surface area contributed by atoms with Crippen LogP contribution in [0.1, 0.15) is 21.7 Å². The summed E-state index contributed by atoms with van der Waals surface area (Å²) < 4.78 is 1.20. The second-order valence-corrected chi connectivity index (χ2v) is 7.45. The molecule has 10 heteroatoms. The van der Waals surface area contributed by atoms with Gasteiger partial charge in [-0.1, -0.05) is 36.4 Å². The van der Waals surface area contributed by atoms with Crippen LogP contribution in [0, 0.1) is 0 Å². The highest BCUT2D eigenvalue weighted by Gasteiger charge is 2.21. The Morgan fingerprint density at radius 1 is 1.17 bits per heavy atom. The standard InChI is InChI=1S/C20H21N5O4S/c1-24(15(26)9-10-22-18(27)14-8-5-11-30-14)16-17(21)25(20(29)23-19(16)28)12-13-6-3-2-4-7-13/h2-8,11H,9-10,12,21H2,1H3,(H,22,27)(H,23,28,29). The Morgan fingerprint density at radius 3 is 2.57 bits per heavy atom. The summed E-state index contributed by atoms with van der Waals surface area (Å²) in [7, 11) is 1.40. The van der Waals surface area contributed by atoms with Crippen LogP contribution in [0.15, 0.2) is 57.4 Å². The summed E-state index contributed by atoms with van der Waals surface area (Å²) >= 11 is 1.30. The fourth-order valence-electron chi connectivity index (χ4n) is 2.89. The number of thiophene rings is 1. The Morgan fingerprint density at radius 2 is 1.90 bits per heavy atom. The van der Waals surface area contributed by atoms with Crippen molar-refractivity contribution >= 4 is 34.7 Å². The average Bonchev–Trinajstić information content (AvgIpc) is 3.26. The number of carbonyl (C=O) groups excluding carboxylic acids is 2. The Kier molecular flexibility index (Phi) is 6.48. The third-order valence-corrected chi connectivity index (χ3v) is 5.35. The summed E-state index contributed by atoms with van der Waals surface area (Å²) in [5, 5.41) is 4.44. The second kappa shape index (κ2) is 9.23. The van der Waals surface area contributed by atoms with E-state index in [1.54, 1.807) is 17.5 Å². The molecule has 0 aliphatic rings. The van der Waals surface area contributed by atoms with Gasteiger partial charge in [0.2, 0.25) is 5.91 Å². The quantitative estimate of drug-likeness (QED) is 0.518. The number of anilines is 2. The van der Waals surface area contributed by atoms with Crippen LogP contribution in [0.25, 0.3) is 0 Å². The number of carbonyl (C=O) groups is 2. The SMILES string of the molecule is CN(C(=O)CCNC(=O)c1cccs1)c1c(N)n(Cc2ccccc2)c(=O)[nH]c1=O. The Labute approximate surface area is 175 Å². The maximum Gasteiger partial charge on any atom is 0.330 e. The van der Waals surface area contributed by atoms with Gasteiger partial charge in [0, 0.05) is 20.0 Å². The van der Waals surface area contributed by atoms with Crippen LogP contribution in [0.5, 0.6) is 0 Å². The van der Waals surface area contributed by atoms with Gasteiger partial charge < -0.3 is 16.0 Å². The summed E-state index contributed by atoms with van der Waals surface area (Å²) in [6.45, 7) is 0.246. The second-order valence-electron chi connectivity index (χ2n) is 6.50. The summed E-state index contributed by atoms with van der Waals surface area (Å²) in [4.78, 5) is 52.9.